The normalized spacial score (nSPS) is 12.7. The molecule has 3 aromatic rings. The molecule has 11 heteroatoms. The van der Waals surface area contributed by atoms with Crippen molar-refractivity contribution in [1.82, 2.24) is 15.0 Å². The van der Waals surface area contributed by atoms with Crippen molar-refractivity contribution in [1.29, 1.82) is 0 Å². The SMILES string of the molecule is Nc1nc(N=Cc2c(Cl)cccc2Cl)nc(N=CC(O)c2cc(O)cc(O)c2)n1. The highest BCUT2D eigenvalue weighted by Gasteiger charge is 2.09. The first kappa shape index (κ1) is 20.5. The maximum absolute atomic E-state index is 10.1. The van der Waals surface area contributed by atoms with E-state index >= 15 is 0 Å². The fraction of sp³-hybridized carbons (Fsp3) is 0.0556. The maximum Gasteiger partial charge on any atom is 0.256 e. The van der Waals surface area contributed by atoms with E-state index in [9.17, 15) is 15.3 Å². The second-order valence-corrected chi connectivity index (χ2v) is 6.51. The van der Waals surface area contributed by atoms with Crippen LogP contribution in [0, 0.1) is 0 Å². The molecular weight excluding hydrogens is 419 g/mol. The van der Waals surface area contributed by atoms with E-state index in [0.717, 1.165) is 12.3 Å². The molecule has 0 bridgehead atoms. The summed E-state index contributed by atoms with van der Waals surface area (Å²) in [6.07, 6.45) is 1.26. The molecule has 0 saturated heterocycles. The van der Waals surface area contributed by atoms with E-state index in [4.69, 9.17) is 28.9 Å². The van der Waals surface area contributed by atoms with E-state index in [0.29, 0.717) is 15.6 Å². The number of phenols is 2. The van der Waals surface area contributed by atoms with Crippen LogP contribution in [0.1, 0.15) is 17.2 Å². The van der Waals surface area contributed by atoms with Gasteiger partial charge in [0.15, 0.2) is 0 Å². The number of aromatic nitrogens is 3. The predicted octanol–water partition coefficient (Wildman–Crippen LogP) is 3.36. The summed E-state index contributed by atoms with van der Waals surface area (Å²) in [6.45, 7) is 0. The lowest BCUT2D eigenvalue weighted by Crippen LogP contribution is -2.00. The molecule has 2 aromatic carbocycles. The summed E-state index contributed by atoms with van der Waals surface area (Å²) in [7, 11) is 0. The van der Waals surface area contributed by atoms with Crippen molar-refractivity contribution in [3.05, 3.63) is 57.6 Å². The van der Waals surface area contributed by atoms with Crippen molar-refractivity contribution in [2.75, 3.05) is 5.73 Å². The van der Waals surface area contributed by atoms with Crippen LogP contribution < -0.4 is 5.73 Å². The minimum atomic E-state index is -1.24. The lowest BCUT2D eigenvalue weighted by molar-refractivity contribution is 0.251. The molecule has 1 atom stereocenters. The average Bonchev–Trinajstić information content (AvgIpc) is 2.64. The minimum absolute atomic E-state index is 0.0369. The van der Waals surface area contributed by atoms with Crippen LogP contribution in [0.2, 0.25) is 10.0 Å². The van der Waals surface area contributed by atoms with Crippen LogP contribution in [0.5, 0.6) is 11.5 Å². The summed E-state index contributed by atoms with van der Waals surface area (Å²) in [5, 5.41) is 29.9. The van der Waals surface area contributed by atoms with Gasteiger partial charge in [-0.25, -0.2) is 9.98 Å². The summed E-state index contributed by atoms with van der Waals surface area (Å²) in [5.41, 5.74) is 6.36. The second kappa shape index (κ2) is 8.82. The molecular formula is C18H14Cl2N6O3. The van der Waals surface area contributed by atoms with E-state index < -0.39 is 6.10 Å². The van der Waals surface area contributed by atoms with Gasteiger partial charge in [-0.15, -0.1) is 0 Å². The van der Waals surface area contributed by atoms with Crippen LogP contribution in [-0.4, -0.2) is 42.7 Å². The number of nitrogen functional groups attached to an aromatic ring is 1. The van der Waals surface area contributed by atoms with E-state index in [1.54, 1.807) is 18.2 Å². The lowest BCUT2D eigenvalue weighted by atomic mass is 10.1. The molecule has 29 heavy (non-hydrogen) atoms. The first-order chi connectivity index (χ1) is 13.8. The smallest absolute Gasteiger partial charge is 0.256 e. The van der Waals surface area contributed by atoms with Crippen LogP contribution in [0.25, 0.3) is 0 Å². The number of benzene rings is 2. The zero-order valence-electron chi connectivity index (χ0n) is 14.6. The summed E-state index contributed by atoms with van der Waals surface area (Å²) in [4.78, 5) is 19.8. The Labute approximate surface area is 174 Å². The molecule has 148 valence electrons. The van der Waals surface area contributed by atoms with Gasteiger partial charge in [-0.3, -0.25) is 0 Å². The molecule has 3 rings (SSSR count). The fourth-order valence-corrected chi connectivity index (χ4v) is 2.75. The molecule has 0 amide bonds. The zero-order valence-corrected chi connectivity index (χ0v) is 16.1. The summed E-state index contributed by atoms with van der Waals surface area (Å²) >= 11 is 12.2. The largest absolute Gasteiger partial charge is 0.508 e. The molecule has 0 saturated carbocycles. The molecule has 0 spiro atoms. The topological polar surface area (TPSA) is 150 Å². The quantitative estimate of drug-likeness (QED) is 0.451. The number of hydrogen-bond donors (Lipinski definition) is 4. The van der Waals surface area contributed by atoms with Gasteiger partial charge in [0, 0.05) is 24.1 Å². The number of aliphatic hydroxyl groups excluding tert-OH is 1. The maximum atomic E-state index is 10.1. The third-order valence-electron chi connectivity index (χ3n) is 3.54. The second-order valence-electron chi connectivity index (χ2n) is 5.69. The van der Waals surface area contributed by atoms with Crippen molar-refractivity contribution in [3.63, 3.8) is 0 Å². The molecule has 0 aliphatic heterocycles. The summed E-state index contributed by atoms with van der Waals surface area (Å²) < 4.78 is 0. The Balaban J connectivity index is 1.83. The number of nitrogens with zero attached hydrogens (tertiary/aromatic N) is 5. The Morgan fingerprint density at radius 1 is 0.931 bits per heavy atom. The number of anilines is 1. The zero-order chi connectivity index (χ0) is 21.0. The van der Waals surface area contributed by atoms with Crippen LogP contribution in [0.15, 0.2) is 46.4 Å². The Hall–Kier alpha value is -3.27. The first-order valence-corrected chi connectivity index (χ1v) is 8.82. The Bertz CT molecular complexity index is 1070. The molecule has 0 aliphatic carbocycles. The van der Waals surface area contributed by atoms with Crippen molar-refractivity contribution < 1.29 is 15.3 Å². The Kier molecular flexibility index (Phi) is 6.23. The minimum Gasteiger partial charge on any atom is -0.508 e. The number of rotatable bonds is 5. The van der Waals surface area contributed by atoms with Crippen LogP contribution in [0.3, 0.4) is 0 Å². The van der Waals surface area contributed by atoms with Gasteiger partial charge in [0.05, 0.1) is 10.0 Å². The molecule has 1 unspecified atom stereocenters. The van der Waals surface area contributed by atoms with Crippen LogP contribution >= 0.6 is 23.2 Å². The first-order valence-electron chi connectivity index (χ1n) is 8.06. The monoisotopic (exact) mass is 432 g/mol. The van der Waals surface area contributed by atoms with Gasteiger partial charge in [0.25, 0.3) is 11.9 Å². The van der Waals surface area contributed by atoms with Gasteiger partial charge in [-0.2, -0.15) is 15.0 Å². The summed E-state index contributed by atoms with van der Waals surface area (Å²) in [6, 6.07) is 8.71. The van der Waals surface area contributed by atoms with Gasteiger partial charge in [-0.05, 0) is 29.8 Å². The number of halogens is 2. The van der Waals surface area contributed by atoms with Gasteiger partial charge in [0.1, 0.15) is 17.6 Å². The number of aromatic hydroxyl groups is 2. The number of hydrogen-bond acceptors (Lipinski definition) is 9. The molecule has 1 aromatic heterocycles. The average molecular weight is 433 g/mol. The molecule has 0 radical (unpaired) electrons. The van der Waals surface area contributed by atoms with Gasteiger partial charge < -0.3 is 21.1 Å². The van der Waals surface area contributed by atoms with Crippen molar-refractivity contribution in [2.24, 2.45) is 9.98 Å². The van der Waals surface area contributed by atoms with Crippen molar-refractivity contribution >= 4 is 53.5 Å². The molecule has 5 N–H and O–H groups in total. The van der Waals surface area contributed by atoms with E-state index in [1.807, 2.05) is 0 Å². The highest BCUT2D eigenvalue weighted by atomic mass is 35.5. The number of nitrogens with two attached hydrogens (primary N) is 1. The third-order valence-corrected chi connectivity index (χ3v) is 4.19. The van der Waals surface area contributed by atoms with Gasteiger partial charge in [-0.1, -0.05) is 29.3 Å². The highest BCUT2D eigenvalue weighted by Crippen LogP contribution is 2.25. The predicted molar refractivity (Wildman–Crippen MR) is 111 cm³/mol. The van der Waals surface area contributed by atoms with Crippen LogP contribution in [0.4, 0.5) is 17.8 Å². The fourth-order valence-electron chi connectivity index (χ4n) is 2.25. The van der Waals surface area contributed by atoms with E-state index in [2.05, 4.69) is 24.9 Å². The molecule has 0 fully saturated rings. The van der Waals surface area contributed by atoms with Crippen LogP contribution in [-0.2, 0) is 0 Å². The molecule has 1 heterocycles. The van der Waals surface area contributed by atoms with E-state index in [-0.39, 0.29) is 34.9 Å². The standard InChI is InChI=1S/C18H14Cl2N6O3/c19-13-2-1-3-14(20)12(13)7-22-17-24-16(21)25-18(26-17)23-8-15(29)9-4-10(27)6-11(28)5-9/h1-8,15,27-29H,(H2,21,24,25,26). The van der Waals surface area contributed by atoms with E-state index in [1.165, 1.54) is 18.3 Å². The summed E-state index contributed by atoms with van der Waals surface area (Å²) in [5.74, 6) is -0.670. The molecule has 9 nitrogen and oxygen atoms in total. The Morgan fingerprint density at radius 3 is 2.14 bits per heavy atom. The Morgan fingerprint density at radius 2 is 1.52 bits per heavy atom. The van der Waals surface area contributed by atoms with Gasteiger partial charge in [0.2, 0.25) is 5.95 Å². The number of aliphatic hydroxyl groups is 1. The number of phenolic OH excluding ortho intramolecular Hbond substituents is 2. The highest BCUT2D eigenvalue weighted by molar-refractivity contribution is 6.38. The molecule has 0 aliphatic rings. The van der Waals surface area contributed by atoms with Gasteiger partial charge >= 0.3 is 0 Å². The lowest BCUT2D eigenvalue weighted by Gasteiger charge is -2.06. The third kappa shape index (κ3) is 5.38. The van der Waals surface area contributed by atoms with Crippen molar-refractivity contribution in [2.45, 2.75) is 6.10 Å². The van der Waals surface area contributed by atoms with Crippen molar-refractivity contribution in [3.8, 4) is 11.5 Å². The number of aliphatic imine (C=N–C) groups is 2.